The van der Waals surface area contributed by atoms with E-state index in [1.807, 2.05) is 18.2 Å². The molecule has 1 atom stereocenters. The molecule has 1 amide bonds. The van der Waals surface area contributed by atoms with Crippen LogP contribution in [0.15, 0.2) is 34.2 Å². The zero-order valence-electron chi connectivity index (χ0n) is 15.4. The van der Waals surface area contributed by atoms with E-state index in [4.69, 9.17) is 9.47 Å². The minimum Gasteiger partial charge on any atom is -0.385 e. The topological polar surface area (TPSA) is 82.4 Å². The molecule has 7 nitrogen and oxygen atoms in total. The fourth-order valence-corrected chi connectivity index (χ4v) is 3.39. The number of para-hydroxylation sites is 1. The first-order chi connectivity index (χ1) is 12.6. The van der Waals surface area contributed by atoms with E-state index in [0.717, 1.165) is 0 Å². The molecule has 0 saturated carbocycles. The van der Waals surface area contributed by atoms with E-state index in [-0.39, 0.29) is 16.7 Å². The van der Waals surface area contributed by atoms with Crippen molar-refractivity contribution in [1.29, 1.82) is 0 Å². The molecule has 1 aromatic carbocycles. The summed E-state index contributed by atoms with van der Waals surface area (Å²) < 4.78 is 11.7. The number of carbonyl (C=O) groups is 1. The minimum atomic E-state index is -0.381. The van der Waals surface area contributed by atoms with Gasteiger partial charge in [0.1, 0.15) is 0 Å². The molecule has 8 heteroatoms. The molecule has 0 bridgehead atoms. The summed E-state index contributed by atoms with van der Waals surface area (Å²) in [6.45, 7) is 3.75. The van der Waals surface area contributed by atoms with Crippen molar-refractivity contribution in [3.05, 3.63) is 34.6 Å². The molecule has 0 aliphatic carbocycles. The molecule has 26 heavy (non-hydrogen) atoms. The maximum absolute atomic E-state index is 12.9. The summed E-state index contributed by atoms with van der Waals surface area (Å²) in [4.78, 5) is 29.7. The predicted molar refractivity (Wildman–Crippen MR) is 103 cm³/mol. The van der Waals surface area contributed by atoms with E-state index in [1.54, 1.807) is 31.8 Å². The molecule has 2 aromatic rings. The summed E-state index contributed by atoms with van der Waals surface area (Å²) >= 11 is 1.28. The average molecular weight is 379 g/mol. The Bertz CT molecular complexity index is 794. The van der Waals surface area contributed by atoms with Gasteiger partial charge in [-0.2, -0.15) is 0 Å². The van der Waals surface area contributed by atoms with E-state index in [9.17, 15) is 9.59 Å². The number of fused-ring (bicyclic) bond motifs is 1. The van der Waals surface area contributed by atoms with Gasteiger partial charge in [-0.3, -0.25) is 14.2 Å². The van der Waals surface area contributed by atoms with Crippen LogP contribution in [-0.4, -0.2) is 54.7 Å². The van der Waals surface area contributed by atoms with Crippen molar-refractivity contribution in [2.24, 2.45) is 0 Å². The number of nitrogens with zero attached hydrogens (tertiary/aromatic N) is 2. The van der Waals surface area contributed by atoms with E-state index in [2.05, 4.69) is 10.3 Å². The van der Waals surface area contributed by atoms with Crippen LogP contribution in [0.1, 0.15) is 13.3 Å². The number of ether oxygens (including phenoxy) is 2. The molecule has 0 aliphatic rings. The summed E-state index contributed by atoms with van der Waals surface area (Å²) in [5.41, 5.74) is 0.538. The molecule has 142 valence electrons. The Morgan fingerprint density at radius 1 is 1.27 bits per heavy atom. The first kappa shape index (κ1) is 20.4. The highest BCUT2D eigenvalue weighted by molar-refractivity contribution is 8.00. The third-order valence-electron chi connectivity index (χ3n) is 3.81. The van der Waals surface area contributed by atoms with Crippen molar-refractivity contribution in [1.82, 2.24) is 14.9 Å². The third kappa shape index (κ3) is 5.30. The van der Waals surface area contributed by atoms with Crippen LogP contribution in [0, 0.1) is 0 Å². The molecule has 2 rings (SSSR count). The van der Waals surface area contributed by atoms with Crippen LogP contribution >= 0.6 is 11.8 Å². The Hall–Kier alpha value is -1.90. The second-order valence-electron chi connectivity index (χ2n) is 5.76. The predicted octanol–water partition coefficient (Wildman–Crippen LogP) is 1.68. The van der Waals surface area contributed by atoms with Crippen LogP contribution < -0.4 is 10.9 Å². The zero-order chi connectivity index (χ0) is 18.9. The van der Waals surface area contributed by atoms with E-state index in [1.165, 1.54) is 11.8 Å². The smallest absolute Gasteiger partial charge is 0.262 e. The van der Waals surface area contributed by atoms with E-state index < -0.39 is 0 Å². The molecule has 1 heterocycles. The van der Waals surface area contributed by atoms with Gasteiger partial charge in [-0.15, -0.1) is 0 Å². The number of thioether (sulfide) groups is 1. The van der Waals surface area contributed by atoms with Crippen LogP contribution in [0.25, 0.3) is 10.9 Å². The second kappa shape index (κ2) is 10.3. The first-order valence-electron chi connectivity index (χ1n) is 8.50. The summed E-state index contributed by atoms with van der Waals surface area (Å²) in [7, 11) is 3.21. The van der Waals surface area contributed by atoms with Gasteiger partial charge in [-0.1, -0.05) is 23.9 Å². The highest BCUT2D eigenvalue weighted by atomic mass is 32.2. The van der Waals surface area contributed by atoms with Crippen LogP contribution in [0.3, 0.4) is 0 Å². The summed E-state index contributed by atoms with van der Waals surface area (Å²) in [6.07, 6.45) is 0.693. The van der Waals surface area contributed by atoms with Gasteiger partial charge in [0, 0.05) is 33.9 Å². The van der Waals surface area contributed by atoms with Crippen molar-refractivity contribution < 1.29 is 14.3 Å². The van der Waals surface area contributed by atoms with Crippen LogP contribution in [-0.2, 0) is 20.8 Å². The van der Waals surface area contributed by atoms with Gasteiger partial charge in [0.2, 0.25) is 5.91 Å². The molecule has 0 aliphatic heterocycles. The van der Waals surface area contributed by atoms with Gasteiger partial charge in [0.25, 0.3) is 5.56 Å². The minimum absolute atomic E-state index is 0.0961. The van der Waals surface area contributed by atoms with Crippen molar-refractivity contribution in [3.8, 4) is 0 Å². The highest BCUT2D eigenvalue weighted by Crippen LogP contribution is 2.22. The summed E-state index contributed by atoms with van der Waals surface area (Å²) in [6, 6.07) is 7.25. The summed E-state index contributed by atoms with van der Waals surface area (Å²) in [5, 5.41) is 3.54. The molecule has 0 radical (unpaired) electrons. The maximum Gasteiger partial charge on any atom is 0.262 e. The van der Waals surface area contributed by atoms with Gasteiger partial charge < -0.3 is 14.8 Å². The van der Waals surface area contributed by atoms with Crippen molar-refractivity contribution >= 4 is 28.6 Å². The number of aromatic nitrogens is 2. The Morgan fingerprint density at radius 3 is 2.73 bits per heavy atom. The lowest BCUT2D eigenvalue weighted by molar-refractivity contribution is -0.120. The Morgan fingerprint density at radius 2 is 2.00 bits per heavy atom. The van der Waals surface area contributed by atoms with Gasteiger partial charge in [0.15, 0.2) is 5.16 Å². The standard InChI is InChI=1S/C18H25N3O4S/c1-13(16(22)19-9-12-25-3)26-18-20-15-8-5-4-7-14(15)17(23)21(18)10-6-11-24-2/h4-5,7-8,13H,6,9-12H2,1-3H3,(H,19,22)/t13-/m0/s1. The maximum atomic E-state index is 12.9. The lowest BCUT2D eigenvalue weighted by atomic mass is 10.2. The number of nitrogens with one attached hydrogen (secondary N) is 1. The molecule has 0 unspecified atom stereocenters. The fourth-order valence-electron chi connectivity index (χ4n) is 2.43. The highest BCUT2D eigenvalue weighted by Gasteiger charge is 2.19. The lowest BCUT2D eigenvalue weighted by Gasteiger charge is -2.16. The lowest BCUT2D eigenvalue weighted by Crippen LogP contribution is -2.34. The van der Waals surface area contributed by atoms with Crippen molar-refractivity contribution in [2.75, 3.05) is 34.0 Å². The number of rotatable bonds is 10. The normalized spacial score (nSPS) is 12.3. The number of benzene rings is 1. The SMILES string of the molecule is COCCCn1c(S[C@@H](C)C(=O)NCCOC)nc2ccccc2c1=O. The molecule has 1 aromatic heterocycles. The molecule has 0 fully saturated rings. The van der Waals surface area contributed by atoms with E-state index in [0.29, 0.717) is 48.8 Å². The van der Waals surface area contributed by atoms with Gasteiger partial charge in [-0.25, -0.2) is 4.98 Å². The molecule has 0 saturated heterocycles. The van der Waals surface area contributed by atoms with Gasteiger partial charge in [0.05, 0.1) is 22.8 Å². The first-order valence-corrected chi connectivity index (χ1v) is 9.38. The average Bonchev–Trinajstić information content (AvgIpc) is 2.64. The number of hydrogen-bond acceptors (Lipinski definition) is 6. The molecular weight excluding hydrogens is 354 g/mol. The van der Waals surface area contributed by atoms with Crippen LogP contribution in [0.5, 0.6) is 0 Å². The molecular formula is C18H25N3O4S. The fraction of sp³-hybridized carbons (Fsp3) is 0.500. The molecule has 0 spiro atoms. The second-order valence-corrected chi connectivity index (χ2v) is 7.07. The largest absolute Gasteiger partial charge is 0.385 e. The Labute approximate surface area is 157 Å². The quantitative estimate of drug-likeness (QED) is 0.384. The zero-order valence-corrected chi connectivity index (χ0v) is 16.2. The Kier molecular flexibility index (Phi) is 8.08. The number of amides is 1. The Balaban J connectivity index is 2.27. The monoisotopic (exact) mass is 379 g/mol. The van der Waals surface area contributed by atoms with Crippen LogP contribution in [0.4, 0.5) is 0 Å². The molecule has 1 N–H and O–H groups in total. The number of methoxy groups -OCH3 is 2. The number of carbonyl (C=O) groups excluding carboxylic acids is 1. The van der Waals surface area contributed by atoms with Crippen molar-refractivity contribution in [2.45, 2.75) is 30.3 Å². The van der Waals surface area contributed by atoms with Gasteiger partial charge >= 0.3 is 0 Å². The number of hydrogen-bond donors (Lipinski definition) is 1. The summed E-state index contributed by atoms with van der Waals surface area (Å²) in [5.74, 6) is -0.113. The van der Waals surface area contributed by atoms with Crippen LogP contribution in [0.2, 0.25) is 0 Å². The van der Waals surface area contributed by atoms with Gasteiger partial charge in [-0.05, 0) is 25.5 Å². The van der Waals surface area contributed by atoms with E-state index >= 15 is 0 Å². The third-order valence-corrected chi connectivity index (χ3v) is 4.90. The van der Waals surface area contributed by atoms with Crippen molar-refractivity contribution in [3.63, 3.8) is 0 Å².